The highest BCUT2D eigenvalue weighted by Gasteiger charge is 2.27. The topological polar surface area (TPSA) is 80.8 Å². The quantitative estimate of drug-likeness (QED) is 0.449. The van der Waals surface area contributed by atoms with Gasteiger partial charge in [-0.05, 0) is 82.3 Å². The van der Waals surface area contributed by atoms with Crippen molar-refractivity contribution < 1.29 is 0 Å². The van der Waals surface area contributed by atoms with Crippen LogP contribution in [0, 0.1) is 12.8 Å². The summed E-state index contributed by atoms with van der Waals surface area (Å²) in [5.41, 5.74) is 9.63. The molecule has 4 rings (SSSR count). The molecule has 1 saturated carbocycles. The molecule has 2 atom stereocenters. The summed E-state index contributed by atoms with van der Waals surface area (Å²) in [4.78, 5) is 8.67. The molecule has 2 aromatic heterocycles. The second-order valence-corrected chi connectivity index (χ2v) is 8.55. The molecule has 1 aliphatic rings. The van der Waals surface area contributed by atoms with Crippen LogP contribution in [0.5, 0.6) is 0 Å². The fraction of sp³-hybridized carbons (Fsp3) is 0.500. The van der Waals surface area contributed by atoms with Crippen molar-refractivity contribution in [1.29, 1.82) is 0 Å². The molecule has 2 heterocycles. The summed E-state index contributed by atoms with van der Waals surface area (Å²) in [6.07, 6.45) is 9.74. The van der Waals surface area contributed by atoms with Gasteiger partial charge in [-0.2, -0.15) is 0 Å². The van der Waals surface area contributed by atoms with E-state index >= 15 is 0 Å². The first-order valence-electron chi connectivity index (χ1n) is 11.3. The van der Waals surface area contributed by atoms with Crippen molar-refractivity contribution in [2.75, 3.05) is 31.9 Å². The van der Waals surface area contributed by atoms with E-state index in [0.717, 1.165) is 49.6 Å². The minimum absolute atomic E-state index is 0.516. The maximum Gasteiger partial charge on any atom is 0.145 e. The summed E-state index contributed by atoms with van der Waals surface area (Å²) >= 11 is 0. The fourth-order valence-corrected chi connectivity index (χ4v) is 4.71. The highest BCUT2D eigenvalue weighted by atomic mass is 15.1. The van der Waals surface area contributed by atoms with Crippen molar-refractivity contribution >= 4 is 16.9 Å². The molecular weight excluding hydrogens is 372 g/mol. The van der Waals surface area contributed by atoms with Crippen LogP contribution in [0.15, 0.2) is 42.9 Å². The average molecular weight is 407 g/mol. The Morgan fingerprint density at radius 1 is 1.07 bits per heavy atom. The number of nitrogen functional groups attached to an aromatic ring is 1. The zero-order chi connectivity index (χ0) is 20.8. The van der Waals surface area contributed by atoms with Crippen LogP contribution in [0.2, 0.25) is 0 Å². The zero-order valence-corrected chi connectivity index (χ0v) is 18.0. The third-order valence-corrected chi connectivity index (χ3v) is 6.31. The first-order valence-corrected chi connectivity index (χ1v) is 11.3. The molecule has 6 heteroatoms. The van der Waals surface area contributed by atoms with Gasteiger partial charge in [-0.1, -0.05) is 30.3 Å². The lowest BCUT2D eigenvalue weighted by Crippen LogP contribution is -2.26. The summed E-state index contributed by atoms with van der Waals surface area (Å²) in [6.45, 7) is 6.40. The van der Waals surface area contributed by atoms with E-state index in [1.54, 1.807) is 6.33 Å². The number of nitrogens with two attached hydrogens (primary N) is 1. The van der Waals surface area contributed by atoms with Crippen molar-refractivity contribution in [3.05, 3.63) is 54.0 Å². The first-order chi connectivity index (χ1) is 14.7. The van der Waals surface area contributed by atoms with Crippen LogP contribution in [0.25, 0.3) is 11.0 Å². The third-order valence-electron chi connectivity index (χ3n) is 6.31. The molecule has 0 aliphatic heterocycles. The smallest absolute Gasteiger partial charge is 0.145 e. The fourth-order valence-electron chi connectivity index (χ4n) is 4.71. The highest BCUT2D eigenvalue weighted by Crippen LogP contribution is 2.37. The molecule has 4 N–H and O–H groups in total. The van der Waals surface area contributed by atoms with E-state index < -0.39 is 0 Å². The van der Waals surface area contributed by atoms with E-state index in [2.05, 4.69) is 68.6 Å². The molecular formula is C24H34N6. The van der Waals surface area contributed by atoms with E-state index in [4.69, 9.17) is 5.73 Å². The predicted octanol–water partition coefficient (Wildman–Crippen LogP) is 3.48. The molecule has 1 aromatic carbocycles. The lowest BCUT2D eigenvalue weighted by Gasteiger charge is -2.15. The average Bonchev–Trinajstić information content (AvgIpc) is 3.36. The molecule has 3 aromatic rings. The van der Waals surface area contributed by atoms with Gasteiger partial charge >= 0.3 is 0 Å². The minimum atomic E-state index is 0.516. The van der Waals surface area contributed by atoms with Gasteiger partial charge in [0.05, 0.1) is 5.39 Å². The van der Waals surface area contributed by atoms with Gasteiger partial charge < -0.3 is 20.9 Å². The van der Waals surface area contributed by atoms with Crippen LogP contribution in [0.1, 0.15) is 42.9 Å². The Balaban J connectivity index is 1.14. The van der Waals surface area contributed by atoms with Crippen molar-refractivity contribution in [1.82, 2.24) is 25.2 Å². The second kappa shape index (κ2) is 10.0. The predicted molar refractivity (Wildman–Crippen MR) is 124 cm³/mol. The Morgan fingerprint density at radius 3 is 2.77 bits per heavy atom. The summed E-state index contributed by atoms with van der Waals surface area (Å²) in [5.74, 6) is 1.32. The number of anilines is 1. The van der Waals surface area contributed by atoms with Crippen molar-refractivity contribution in [2.24, 2.45) is 5.92 Å². The number of aryl methyl sites for hydroxylation is 1. The monoisotopic (exact) mass is 406 g/mol. The molecule has 0 amide bonds. The lowest BCUT2D eigenvalue weighted by molar-refractivity contribution is 0.452. The molecule has 0 saturated heterocycles. The number of fused-ring (bicyclic) bond motifs is 1. The van der Waals surface area contributed by atoms with Gasteiger partial charge in [-0.25, -0.2) is 9.97 Å². The maximum absolute atomic E-state index is 6.07. The van der Waals surface area contributed by atoms with E-state index in [1.165, 1.54) is 36.8 Å². The van der Waals surface area contributed by atoms with Crippen LogP contribution < -0.4 is 16.4 Å². The van der Waals surface area contributed by atoms with Gasteiger partial charge in [0.1, 0.15) is 17.8 Å². The molecule has 1 fully saturated rings. The molecule has 1 aliphatic carbocycles. The second-order valence-electron chi connectivity index (χ2n) is 8.55. The summed E-state index contributed by atoms with van der Waals surface area (Å²) in [7, 11) is 0. The maximum atomic E-state index is 6.07. The van der Waals surface area contributed by atoms with Gasteiger partial charge in [-0.3, -0.25) is 0 Å². The number of nitrogens with zero attached hydrogens (tertiary/aromatic N) is 3. The summed E-state index contributed by atoms with van der Waals surface area (Å²) in [6, 6.07) is 11.2. The van der Waals surface area contributed by atoms with Crippen molar-refractivity contribution in [3.63, 3.8) is 0 Å². The molecule has 0 bridgehead atoms. The zero-order valence-electron chi connectivity index (χ0n) is 18.0. The Hall–Kier alpha value is -2.44. The minimum Gasteiger partial charge on any atom is -0.383 e. The molecule has 160 valence electrons. The number of hydrogen-bond donors (Lipinski definition) is 3. The third kappa shape index (κ3) is 4.99. The Kier molecular flexibility index (Phi) is 6.97. The number of rotatable bonds is 10. The van der Waals surface area contributed by atoms with E-state index in [9.17, 15) is 0 Å². The number of aromatic nitrogens is 3. The van der Waals surface area contributed by atoms with Gasteiger partial charge in [-0.15, -0.1) is 0 Å². The largest absolute Gasteiger partial charge is 0.383 e. The Morgan fingerprint density at radius 2 is 1.90 bits per heavy atom. The SMILES string of the molecule is Cc1cn(C2CCC(CNCCCNCCc3ccccc3)C2)c2ncnc(N)c12. The van der Waals surface area contributed by atoms with Crippen molar-refractivity contribution in [3.8, 4) is 0 Å². The highest BCUT2D eigenvalue weighted by molar-refractivity contribution is 5.89. The van der Waals surface area contributed by atoms with Crippen LogP contribution in [0.4, 0.5) is 5.82 Å². The van der Waals surface area contributed by atoms with Crippen LogP contribution in [0.3, 0.4) is 0 Å². The lowest BCUT2D eigenvalue weighted by atomic mass is 10.1. The summed E-state index contributed by atoms with van der Waals surface area (Å²) < 4.78 is 2.33. The van der Waals surface area contributed by atoms with Crippen molar-refractivity contribution in [2.45, 2.75) is 45.1 Å². The number of hydrogen-bond acceptors (Lipinski definition) is 5. The van der Waals surface area contributed by atoms with Gasteiger partial charge in [0, 0.05) is 12.2 Å². The van der Waals surface area contributed by atoms with E-state index in [-0.39, 0.29) is 0 Å². The first kappa shape index (κ1) is 20.8. The van der Waals surface area contributed by atoms with E-state index in [1.807, 2.05) is 0 Å². The standard InChI is InChI=1S/C24H34N6/c1-18-16-30(24-22(18)23(25)28-17-29-24)21-9-8-20(14-21)15-27-12-5-11-26-13-10-19-6-3-2-4-7-19/h2-4,6-7,16-17,20-21,26-27H,5,8-15H2,1H3,(H2,25,28,29). The normalized spacial score (nSPS) is 19.0. The summed E-state index contributed by atoms with van der Waals surface area (Å²) in [5, 5.41) is 8.23. The van der Waals surface area contributed by atoms with Gasteiger partial charge in [0.25, 0.3) is 0 Å². The number of nitrogens with one attached hydrogen (secondary N) is 2. The molecule has 2 unspecified atom stereocenters. The molecule has 30 heavy (non-hydrogen) atoms. The van der Waals surface area contributed by atoms with Crippen LogP contribution in [-0.2, 0) is 6.42 Å². The van der Waals surface area contributed by atoms with Crippen LogP contribution in [-0.4, -0.2) is 40.7 Å². The van der Waals surface area contributed by atoms with E-state index in [0.29, 0.717) is 11.9 Å². The van der Waals surface area contributed by atoms with Crippen LogP contribution >= 0.6 is 0 Å². The number of benzene rings is 1. The van der Waals surface area contributed by atoms with Gasteiger partial charge in [0.15, 0.2) is 0 Å². The Labute approximate surface area is 179 Å². The molecule has 0 spiro atoms. The molecule has 0 radical (unpaired) electrons. The van der Waals surface area contributed by atoms with Gasteiger partial charge in [0.2, 0.25) is 0 Å². The molecule has 6 nitrogen and oxygen atoms in total. The Bertz CT molecular complexity index is 936.